The molecule has 1 aromatic heterocycles. The standard InChI is InChI=1S/C23H24N2O2S/c1-2-4-19(26)12-8-16-6-9-17(10-7-16)23(27)25-21-15-18(11-13-20(21)24)22-5-3-14-28-22/h3,5-7,9-11,13-15H,2,4,8,12,24H2,1H3,(H,25,27). The molecule has 2 aromatic carbocycles. The van der Waals surface area contributed by atoms with Gasteiger partial charge in [-0.15, -0.1) is 11.3 Å². The van der Waals surface area contributed by atoms with Gasteiger partial charge in [-0.05, 0) is 59.7 Å². The number of thiophene rings is 1. The lowest BCUT2D eigenvalue weighted by atomic mass is 10.0. The van der Waals surface area contributed by atoms with Crippen LogP contribution < -0.4 is 11.1 Å². The van der Waals surface area contributed by atoms with E-state index >= 15 is 0 Å². The molecule has 0 unspecified atom stereocenters. The summed E-state index contributed by atoms with van der Waals surface area (Å²) in [5.74, 6) is 0.0778. The van der Waals surface area contributed by atoms with Crippen molar-refractivity contribution in [1.29, 1.82) is 0 Å². The van der Waals surface area contributed by atoms with E-state index in [0.717, 1.165) is 22.4 Å². The van der Waals surface area contributed by atoms with Crippen LogP contribution in [0.2, 0.25) is 0 Å². The van der Waals surface area contributed by atoms with Gasteiger partial charge >= 0.3 is 0 Å². The summed E-state index contributed by atoms with van der Waals surface area (Å²) in [4.78, 5) is 25.4. The Morgan fingerprint density at radius 3 is 2.50 bits per heavy atom. The van der Waals surface area contributed by atoms with Crippen molar-refractivity contribution in [2.45, 2.75) is 32.6 Å². The van der Waals surface area contributed by atoms with Gasteiger partial charge in [0.25, 0.3) is 5.91 Å². The van der Waals surface area contributed by atoms with Crippen LogP contribution in [0.1, 0.15) is 42.1 Å². The van der Waals surface area contributed by atoms with Crippen LogP contribution in [-0.2, 0) is 11.2 Å². The number of hydrogen-bond donors (Lipinski definition) is 2. The molecular weight excluding hydrogens is 368 g/mol. The predicted octanol–water partition coefficient (Wildman–Crippen LogP) is 5.55. The van der Waals surface area contributed by atoms with Gasteiger partial charge in [-0.1, -0.05) is 31.2 Å². The highest BCUT2D eigenvalue weighted by atomic mass is 32.1. The number of amides is 1. The number of rotatable bonds is 8. The number of anilines is 2. The quantitative estimate of drug-likeness (QED) is 0.494. The molecule has 1 amide bonds. The number of nitrogen functional groups attached to an aromatic ring is 1. The zero-order valence-electron chi connectivity index (χ0n) is 15.9. The van der Waals surface area contributed by atoms with E-state index in [9.17, 15) is 9.59 Å². The van der Waals surface area contributed by atoms with Gasteiger partial charge < -0.3 is 11.1 Å². The maximum atomic E-state index is 12.6. The monoisotopic (exact) mass is 392 g/mol. The van der Waals surface area contributed by atoms with E-state index in [1.54, 1.807) is 29.5 Å². The Balaban J connectivity index is 1.66. The third-order valence-corrected chi connectivity index (χ3v) is 5.46. The second-order valence-corrected chi connectivity index (χ2v) is 7.67. The topological polar surface area (TPSA) is 72.2 Å². The molecule has 3 aromatic rings. The molecule has 3 N–H and O–H groups in total. The zero-order chi connectivity index (χ0) is 19.9. The largest absolute Gasteiger partial charge is 0.397 e. The minimum absolute atomic E-state index is 0.205. The average Bonchev–Trinajstić information content (AvgIpc) is 3.23. The SMILES string of the molecule is CCCC(=O)CCc1ccc(C(=O)Nc2cc(-c3cccs3)ccc2N)cc1. The van der Waals surface area contributed by atoms with Crippen molar-refractivity contribution < 1.29 is 9.59 Å². The molecule has 28 heavy (non-hydrogen) atoms. The lowest BCUT2D eigenvalue weighted by Gasteiger charge is -2.10. The smallest absolute Gasteiger partial charge is 0.255 e. The van der Waals surface area contributed by atoms with Gasteiger partial charge in [-0.25, -0.2) is 0 Å². The minimum atomic E-state index is -0.205. The van der Waals surface area contributed by atoms with Crippen LogP contribution in [0.5, 0.6) is 0 Å². The first-order valence-electron chi connectivity index (χ1n) is 9.42. The van der Waals surface area contributed by atoms with Crippen LogP contribution in [-0.4, -0.2) is 11.7 Å². The van der Waals surface area contributed by atoms with Crippen molar-refractivity contribution in [1.82, 2.24) is 0 Å². The molecule has 4 nitrogen and oxygen atoms in total. The summed E-state index contributed by atoms with van der Waals surface area (Å²) in [7, 11) is 0. The van der Waals surface area contributed by atoms with E-state index in [2.05, 4.69) is 5.32 Å². The number of ketones is 1. The molecule has 0 saturated heterocycles. The molecule has 0 radical (unpaired) electrons. The minimum Gasteiger partial charge on any atom is -0.397 e. The van der Waals surface area contributed by atoms with Crippen LogP contribution >= 0.6 is 11.3 Å². The molecular formula is C23H24N2O2S. The molecule has 0 aliphatic rings. The molecule has 0 spiro atoms. The summed E-state index contributed by atoms with van der Waals surface area (Å²) < 4.78 is 0. The van der Waals surface area contributed by atoms with Gasteiger partial charge in [-0.3, -0.25) is 9.59 Å². The first-order chi connectivity index (χ1) is 13.6. The zero-order valence-corrected chi connectivity index (χ0v) is 16.7. The molecule has 0 bridgehead atoms. The number of nitrogens with one attached hydrogen (secondary N) is 1. The molecule has 144 valence electrons. The Kier molecular flexibility index (Phi) is 6.61. The molecule has 0 atom stereocenters. The van der Waals surface area contributed by atoms with Crippen molar-refractivity contribution in [3.63, 3.8) is 0 Å². The van der Waals surface area contributed by atoms with Crippen molar-refractivity contribution in [3.05, 3.63) is 71.1 Å². The van der Waals surface area contributed by atoms with Gasteiger partial charge in [0, 0.05) is 23.3 Å². The third kappa shape index (κ3) is 5.08. The number of benzene rings is 2. The molecule has 1 heterocycles. The number of hydrogen-bond acceptors (Lipinski definition) is 4. The van der Waals surface area contributed by atoms with Crippen LogP contribution in [0.3, 0.4) is 0 Å². The van der Waals surface area contributed by atoms with Crippen LogP contribution in [0, 0.1) is 0 Å². The summed E-state index contributed by atoms with van der Waals surface area (Å²) in [6.45, 7) is 2.01. The predicted molar refractivity (Wildman–Crippen MR) is 117 cm³/mol. The van der Waals surface area contributed by atoms with Gasteiger partial charge in [0.15, 0.2) is 0 Å². The van der Waals surface area contributed by atoms with Crippen LogP contribution in [0.15, 0.2) is 60.0 Å². The highest BCUT2D eigenvalue weighted by Crippen LogP contribution is 2.30. The Bertz CT molecular complexity index is 947. The van der Waals surface area contributed by atoms with Gasteiger partial charge in [0.1, 0.15) is 5.78 Å². The van der Waals surface area contributed by atoms with Crippen molar-refractivity contribution >= 4 is 34.4 Å². The van der Waals surface area contributed by atoms with Gasteiger partial charge in [-0.2, -0.15) is 0 Å². The van der Waals surface area contributed by atoms with E-state index < -0.39 is 0 Å². The number of nitrogens with two attached hydrogens (primary N) is 1. The first kappa shape index (κ1) is 19.8. The van der Waals surface area contributed by atoms with Crippen LogP contribution in [0.4, 0.5) is 11.4 Å². The fourth-order valence-corrected chi connectivity index (χ4v) is 3.69. The second-order valence-electron chi connectivity index (χ2n) is 6.72. The van der Waals surface area contributed by atoms with Crippen molar-refractivity contribution in [3.8, 4) is 10.4 Å². The summed E-state index contributed by atoms with van der Waals surface area (Å²) >= 11 is 1.64. The molecule has 0 fully saturated rings. The molecule has 5 heteroatoms. The fraction of sp³-hybridized carbons (Fsp3) is 0.217. The van der Waals surface area contributed by atoms with E-state index in [0.29, 0.717) is 36.2 Å². The number of carbonyl (C=O) groups excluding carboxylic acids is 2. The second kappa shape index (κ2) is 9.33. The Labute approximate surface area is 169 Å². The lowest BCUT2D eigenvalue weighted by Crippen LogP contribution is -2.13. The highest BCUT2D eigenvalue weighted by Gasteiger charge is 2.10. The summed E-state index contributed by atoms with van der Waals surface area (Å²) in [5.41, 5.74) is 9.81. The Morgan fingerprint density at radius 1 is 1.04 bits per heavy atom. The maximum absolute atomic E-state index is 12.6. The summed E-state index contributed by atoms with van der Waals surface area (Å²) in [5, 5.41) is 4.92. The highest BCUT2D eigenvalue weighted by molar-refractivity contribution is 7.13. The van der Waals surface area contributed by atoms with Gasteiger partial charge in [0.2, 0.25) is 0 Å². The first-order valence-corrected chi connectivity index (χ1v) is 10.3. The maximum Gasteiger partial charge on any atom is 0.255 e. The third-order valence-electron chi connectivity index (χ3n) is 4.54. The molecule has 0 aliphatic heterocycles. The Hall–Kier alpha value is -2.92. The fourth-order valence-electron chi connectivity index (χ4n) is 2.97. The van der Waals surface area contributed by atoms with E-state index in [4.69, 9.17) is 5.73 Å². The lowest BCUT2D eigenvalue weighted by molar-refractivity contribution is -0.119. The average molecular weight is 393 g/mol. The summed E-state index contributed by atoms with van der Waals surface area (Å²) in [6.07, 6.45) is 2.77. The molecule has 3 rings (SSSR count). The number of Topliss-reactive ketones (excluding diaryl/α,β-unsaturated/α-hetero) is 1. The van der Waals surface area contributed by atoms with Crippen molar-refractivity contribution in [2.75, 3.05) is 11.1 Å². The summed E-state index contributed by atoms with van der Waals surface area (Å²) in [6, 6.07) is 17.1. The normalized spacial score (nSPS) is 10.6. The van der Waals surface area contributed by atoms with E-state index in [1.165, 1.54) is 0 Å². The van der Waals surface area contributed by atoms with Crippen LogP contribution in [0.25, 0.3) is 10.4 Å². The van der Waals surface area contributed by atoms with Gasteiger partial charge in [0.05, 0.1) is 11.4 Å². The number of aryl methyl sites for hydroxylation is 1. The van der Waals surface area contributed by atoms with Crippen molar-refractivity contribution in [2.24, 2.45) is 0 Å². The number of carbonyl (C=O) groups is 2. The molecule has 0 aliphatic carbocycles. The Morgan fingerprint density at radius 2 is 1.82 bits per heavy atom. The molecule has 0 saturated carbocycles. The van der Waals surface area contributed by atoms with E-state index in [1.807, 2.05) is 48.7 Å². The van der Waals surface area contributed by atoms with E-state index in [-0.39, 0.29) is 11.7 Å².